The monoisotopic (exact) mass is 241 g/mol. The van der Waals surface area contributed by atoms with E-state index in [0.29, 0.717) is 6.54 Å². The fraction of sp³-hybridized carbons (Fsp3) is 0.400. The summed E-state index contributed by atoms with van der Waals surface area (Å²) in [6.45, 7) is 1.38. The van der Waals surface area contributed by atoms with Crippen molar-refractivity contribution < 1.29 is 4.74 Å². The first-order valence-electron chi connectivity index (χ1n) is 4.37. The Morgan fingerprint density at radius 1 is 1.54 bits per heavy atom. The standard InChI is InChI=1S/C10H12BrNO/c11-9-3-1-2-8(6-9)10(7-12)4-5-13-10/h1-3,6H,4-5,7,12H2. The summed E-state index contributed by atoms with van der Waals surface area (Å²) in [5.41, 5.74) is 6.68. The van der Waals surface area contributed by atoms with E-state index in [1.807, 2.05) is 12.1 Å². The summed E-state index contributed by atoms with van der Waals surface area (Å²) in [6, 6.07) is 8.16. The van der Waals surface area contributed by atoms with Crippen molar-refractivity contribution in [3.63, 3.8) is 0 Å². The SMILES string of the molecule is NCC1(c2cccc(Br)c2)CCO1. The lowest BCUT2D eigenvalue weighted by molar-refractivity contribution is -0.146. The van der Waals surface area contributed by atoms with Gasteiger partial charge >= 0.3 is 0 Å². The van der Waals surface area contributed by atoms with Crippen molar-refractivity contribution in [2.24, 2.45) is 5.73 Å². The molecular weight excluding hydrogens is 230 g/mol. The Hall–Kier alpha value is -0.380. The predicted octanol–water partition coefficient (Wildman–Crippen LogP) is 2.02. The Kier molecular flexibility index (Phi) is 2.41. The van der Waals surface area contributed by atoms with Gasteiger partial charge < -0.3 is 10.5 Å². The van der Waals surface area contributed by atoms with E-state index >= 15 is 0 Å². The van der Waals surface area contributed by atoms with Gasteiger partial charge in [-0.1, -0.05) is 28.1 Å². The van der Waals surface area contributed by atoms with Crippen molar-refractivity contribution in [2.45, 2.75) is 12.0 Å². The molecule has 2 nitrogen and oxygen atoms in total. The molecule has 0 radical (unpaired) electrons. The molecule has 0 aliphatic carbocycles. The van der Waals surface area contributed by atoms with E-state index in [9.17, 15) is 0 Å². The lowest BCUT2D eigenvalue weighted by Crippen LogP contribution is -2.46. The van der Waals surface area contributed by atoms with Crippen molar-refractivity contribution in [3.8, 4) is 0 Å². The molecule has 3 heteroatoms. The molecule has 2 rings (SSSR count). The minimum atomic E-state index is -0.205. The number of hydrogen-bond acceptors (Lipinski definition) is 2. The molecule has 13 heavy (non-hydrogen) atoms. The summed E-state index contributed by atoms with van der Waals surface area (Å²) in [5.74, 6) is 0. The van der Waals surface area contributed by atoms with E-state index in [-0.39, 0.29) is 5.60 Å². The maximum atomic E-state index is 5.71. The summed E-state index contributed by atoms with van der Waals surface area (Å²) >= 11 is 3.44. The molecule has 0 amide bonds. The molecule has 1 unspecified atom stereocenters. The van der Waals surface area contributed by atoms with E-state index in [2.05, 4.69) is 28.1 Å². The number of hydrogen-bond donors (Lipinski definition) is 1. The van der Waals surface area contributed by atoms with Crippen molar-refractivity contribution in [1.82, 2.24) is 0 Å². The van der Waals surface area contributed by atoms with Gasteiger partial charge in [0.05, 0.1) is 6.61 Å². The minimum Gasteiger partial charge on any atom is -0.369 e. The molecule has 1 heterocycles. The number of benzene rings is 1. The van der Waals surface area contributed by atoms with E-state index in [4.69, 9.17) is 10.5 Å². The zero-order valence-corrected chi connectivity index (χ0v) is 8.88. The van der Waals surface area contributed by atoms with Crippen LogP contribution in [0.15, 0.2) is 28.7 Å². The summed E-state index contributed by atoms with van der Waals surface area (Å²) in [5, 5.41) is 0. The Bertz CT molecular complexity index is 304. The average molecular weight is 242 g/mol. The first-order chi connectivity index (χ1) is 6.27. The Balaban J connectivity index is 2.33. The van der Waals surface area contributed by atoms with Crippen LogP contribution in [0.25, 0.3) is 0 Å². The molecule has 2 N–H and O–H groups in total. The van der Waals surface area contributed by atoms with E-state index in [1.165, 1.54) is 5.56 Å². The molecule has 1 aliphatic heterocycles. The second-order valence-electron chi connectivity index (χ2n) is 3.31. The molecule has 1 atom stereocenters. The molecule has 1 aromatic carbocycles. The number of rotatable bonds is 2. The molecule has 1 aliphatic rings. The first-order valence-corrected chi connectivity index (χ1v) is 5.16. The normalized spacial score (nSPS) is 26.9. The van der Waals surface area contributed by atoms with Crippen LogP contribution in [0.2, 0.25) is 0 Å². The van der Waals surface area contributed by atoms with Crippen LogP contribution in [0.3, 0.4) is 0 Å². The minimum absolute atomic E-state index is 0.205. The molecule has 0 bridgehead atoms. The van der Waals surface area contributed by atoms with Crippen molar-refractivity contribution >= 4 is 15.9 Å². The van der Waals surface area contributed by atoms with Crippen LogP contribution in [0, 0.1) is 0 Å². The topological polar surface area (TPSA) is 35.2 Å². The highest BCUT2D eigenvalue weighted by atomic mass is 79.9. The fourth-order valence-electron chi connectivity index (χ4n) is 1.63. The van der Waals surface area contributed by atoms with Gasteiger partial charge in [-0.05, 0) is 17.7 Å². The Labute approximate surface area is 86.2 Å². The first kappa shape index (κ1) is 9.19. The highest BCUT2D eigenvalue weighted by Gasteiger charge is 2.38. The maximum Gasteiger partial charge on any atom is 0.107 e. The van der Waals surface area contributed by atoms with Crippen LogP contribution < -0.4 is 5.73 Å². The largest absolute Gasteiger partial charge is 0.369 e. The fourth-order valence-corrected chi connectivity index (χ4v) is 2.03. The van der Waals surface area contributed by atoms with Crippen molar-refractivity contribution in [3.05, 3.63) is 34.3 Å². The quantitative estimate of drug-likeness (QED) is 0.861. The molecule has 70 valence electrons. The Morgan fingerprint density at radius 2 is 2.31 bits per heavy atom. The van der Waals surface area contributed by atoms with Crippen molar-refractivity contribution in [2.75, 3.05) is 13.2 Å². The summed E-state index contributed by atoms with van der Waals surface area (Å²) in [7, 11) is 0. The number of nitrogens with two attached hydrogens (primary N) is 1. The third-order valence-corrected chi connectivity index (χ3v) is 3.06. The van der Waals surface area contributed by atoms with Gasteiger partial charge in [0.2, 0.25) is 0 Å². The number of halogens is 1. The zero-order valence-electron chi connectivity index (χ0n) is 7.29. The highest BCUT2D eigenvalue weighted by Crippen LogP contribution is 2.37. The molecule has 1 fully saturated rings. The summed E-state index contributed by atoms with van der Waals surface area (Å²) in [4.78, 5) is 0. The molecular formula is C10H12BrNO. The lowest BCUT2D eigenvalue weighted by Gasteiger charge is -2.41. The lowest BCUT2D eigenvalue weighted by atomic mass is 9.87. The molecule has 0 saturated carbocycles. The van der Waals surface area contributed by atoms with Gasteiger partial charge in [-0.3, -0.25) is 0 Å². The van der Waals surface area contributed by atoms with Crippen LogP contribution in [0.5, 0.6) is 0 Å². The van der Waals surface area contributed by atoms with E-state index < -0.39 is 0 Å². The highest BCUT2D eigenvalue weighted by molar-refractivity contribution is 9.10. The van der Waals surface area contributed by atoms with Gasteiger partial charge in [0.25, 0.3) is 0 Å². The summed E-state index contributed by atoms with van der Waals surface area (Å²) in [6.07, 6.45) is 1.03. The average Bonchev–Trinajstić information content (AvgIpc) is 2.03. The second kappa shape index (κ2) is 3.40. The van der Waals surface area contributed by atoms with Gasteiger partial charge in [0.1, 0.15) is 5.60 Å². The van der Waals surface area contributed by atoms with Crippen molar-refractivity contribution in [1.29, 1.82) is 0 Å². The van der Waals surface area contributed by atoms with E-state index in [0.717, 1.165) is 17.5 Å². The van der Waals surface area contributed by atoms with Crippen LogP contribution in [0.1, 0.15) is 12.0 Å². The summed E-state index contributed by atoms with van der Waals surface area (Å²) < 4.78 is 6.64. The van der Waals surface area contributed by atoms with Gasteiger partial charge in [-0.25, -0.2) is 0 Å². The third kappa shape index (κ3) is 1.52. The predicted molar refractivity (Wildman–Crippen MR) is 55.4 cm³/mol. The van der Waals surface area contributed by atoms with Crippen LogP contribution >= 0.6 is 15.9 Å². The Morgan fingerprint density at radius 3 is 2.77 bits per heavy atom. The molecule has 0 aromatic heterocycles. The smallest absolute Gasteiger partial charge is 0.107 e. The molecule has 1 saturated heterocycles. The maximum absolute atomic E-state index is 5.71. The van der Waals surface area contributed by atoms with Crippen LogP contribution in [0.4, 0.5) is 0 Å². The zero-order chi connectivity index (χ0) is 9.31. The van der Waals surface area contributed by atoms with Gasteiger partial charge in [-0.2, -0.15) is 0 Å². The van der Waals surface area contributed by atoms with Crippen LogP contribution in [-0.2, 0) is 10.3 Å². The van der Waals surface area contributed by atoms with Gasteiger partial charge in [-0.15, -0.1) is 0 Å². The third-order valence-electron chi connectivity index (χ3n) is 2.56. The number of ether oxygens (including phenoxy) is 1. The van der Waals surface area contributed by atoms with E-state index in [1.54, 1.807) is 0 Å². The van der Waals surface area contributed by atoms with Gasteiger partial charge in [0, 0.05) is 17.4 Å². The molecule has 1 aromatic rings. The van der Waals surface area contributed by atoms with Crippen LogP contribution in [-0.4, -0.2) is 13.2 Å². The van der Waals surface area contributed by atoms with Gasteiger partial charge in [0.15, 0.2) is 0 Å². The molecule has 0 spiro atoms. The second-order valence-corrected chi connectivity index (χ2v) is 4.22.